The highest BCUT2D eigenvalue weighted by Crippen LogP contribution is 2.37. The van der Waals surface area contributed by atoms with Crippen LogP contribution in [0.4, 0.5) is 18.9 Å². The first-order valence-electron chi connectivity index (χ1n) is 13.8. The van der Waals surface area contributed by atoms with Crippen molar-refractivity contribution in [3.63, 3.8) is 0 Å². The summed E-state index contributed by atoms with van der Waals surface area (Å²) in [6.45, 7) is 4.94. The van der Waals surface area contributed by atoms with Crippen molar-refractivity contribution in [3.05, 3.63) is 88.5 Å². The Morgan fingerprint density at radius 1 is 0.929 bits per heavy atom. The van der Waals surface area contributed by atoms with E-state index in [-0.39, 0.29) is 17.2 Å². The second kappa shape index (κ2) is 11.8. The molecule has 0 aliphatic carbocycles. The van der Waals surface area contributed by atoms with Gasteiger partial charge in [0.25, 0.3) is 17.7 Å². The normalized spacial score (nSPS) is 16.5. The fraction of sp³-hybridized carbons (Fsp3) is 0.312. The largest absolute Gasteiger partial charge is 0.417 e. The number of fused-ring (bicyclic) bond motifs is 1. The van der Waals surface area contributed by atoms with Crippen LogP contribution in [0.15, 0.2) is 71.8 Å². The van der Waals surface area contributed by atoms with E-state index in [1.807, 2.05) is 47.4 Å². The molecule has 1 fully saturated rings. The second-order valence-corrected chi connectivity index (χ2v) is 10.5. The van der Waals surface area contributed by atoms with Gasteiger partial charge in [0.1, 0.15) is 0 Å². The molecule has 3 aromatic carbocycles. The van der Waals surface area contributed by atoms with E-state index in [4.69, 9.17) is 5.26 Å². The molecule has 0 aromatic heterocycles. The van der Waals surface area contributed by atoms with Gasteiger partial charge in [-0.05, 0) is 67.8 Å². The summed E-state index contributed by atoms with van der Waals surface area (Å²) >= 11 is 0. The number of nitriles is 1. The summed E-state index contributed by atoms with van der Waals surface area (Å²) in [5.41, 5.74) is -0.753. The number of carbonyl (C=O) groups is 3. The highest BCUT2D eigenvalue weighted by molar-refractivity contribution is 6.32. The average Bonchev–Trinajstić information content (AvgIpc) is 3.20. The zero-order valence-electron chi connectivity index (χ0n) is 23.1. The van der Waals surface area contributed by atoms with Gasteiger partial charge in [0.05, 0.1) is 22.9 Å². The number of imide groups is 1. The van der Waals surface area contributed by atoms with Gasteiger partial charge in [0.15, 0.2) is 0 Å². The fourth-order valence-electron chi connectivity index (χ4n) is 5.61. The third-order valence-electron chi connectivity index (χ3n) is 7.96. The molecule has 0 atom stereocenters. The number of unbranched alkanes of at least 4 members (excludes halogenated alkanes) is 1. The lowest BCUT2D eigenvalue weighted by molar-refractivity contribution is -0.138. The van der Waals surface area contributed by atoms with Gasteiger partial charge in [0.2, 0.25) is 0 Å². The number of hydrogen-bond acceptors (Lipinski definition) is 5. The molecule has 1 saturated heterocycles. The molecule has 0 radical (unpaired) electrons. The zero-order chi connectivity index (χ0) is 30.0. The maximum atomic E-state index is 13.4. The topological polar surface area (TPSA) is 84.7 Å². The summed E-state index contributed by atoms with van der Waals surface area (Å²) < 4.78 is 40.3. The lowest BCUT2D eigenvalue weighted by Gasteiger charge is -2.35. The van der Waals surface area contributed by atoms with E-state index < -0.39 is 29.1 Å². The van der Waals surface area contributed by atoms with Gasteiger partial charge in [-0.15, -0.1) is 0 Å². The number of nitrogens with zero attached hydrogens (tertiary/aromatic N) is 4. The lowest BCUT2D eigenvalue weighted by Crippen LogP contribution is -2.48. The molecule has 10 heteroatoms. The molecule has 2 aliphatic rings. The monoisotopic (exact) mass is 574 g/mol. The number of piperazine rings is 1. The van der Waals surface area contributed by atoms with Crippen LogP contribution in [0.1, 0.15) is 47.7 Å². The third kappa shape index (κ3) is 5.65. The van der Waals surface area contributed by atoms with Crippen molar-refractivity contribution in [1.29, 1.82) is 5.26 Å². The molecule has 3 aromatic rings. The summed E-state index contributed by atoms with van der Waals surface area (Å²) in [6.07, 6.45) is -3.10. The van der Waals surface area contributed by atoms with Crippen LogP contribution in [0.2, 0.25) is 0 Å². The molecule has 42 heavy (non-hydrogen) atoms. The minimum absolute atomic E-state index is 0.0208. The second-order valence-electron chi connectivity index (χ2n) is 10.5. The number of hydrogen-bond donors (Lipinski definition) is 0. The van der Waals surface area contributed by atoms with Crippen molar-refractivity contribution in [1.82, 2.24) is 9.80 Å². The highest BCUT2D eigenvalue weighted by Gasteiger charge is 2.39. The van der Waals surface area contributed by atoms with E-state index >= 15 is 0 Å². The molecule has 0 N–H and O–H groups in total. The standard InChI is InChI=1S/C32H29F3N4O3/c1-21-25(31(42)39(29(21)40)24-13-12-23(20-36)28(19-24)32(33,34)35)9-4-5-14-37-15-17-38(18-16-37)30(41)27-11-6-8-22-7-2-3-10-26(22)27/h2-3,6-8,10-13,19H,4-5,9,14-18H2,1H3. The van der Waals surface area contributed by atoms with Crippen LogP contribution in [-0.2, 0) is 15.8 Å². The molecule has 5 rings (SSSR count). The van der Waals surface area contributed by atoms with Gasteiger partial charge >= 0.3 is 6.18 Å². The van der Waals surface area contributed by atoms with Crippen molar-refractivity contribution in [2.24, 2.45) is 0 Å². The van der Waals surface area contributed by atoms with E-state index in [0.29, 0.717) is 43.1 Å². The molecule has 2 heterocycles. The molecule has 3 amide bonds. The first-order valence-corrected chi connectivity index (χ1v) is 13.8. The van der Waals surface area contributed by atoms with Crippen LogP contribution >= 0.6 is 0 Å². The Hall–Kier alpha value is -4.49. The van der Waals surface area contributed by atoms with Crippen LogP contribution in [0.25, 0.3) is 10.8 Å². The summed E-state index contributed by atoms with van der Waals surface area (Å²) in [7, 11) is 0. The van der Waals surface area contributed by atoms with E-state index in [1.165, 1.54) is 19.1 Å². The number of alkyl halides is 3. The molecule has 0 bridgehead atoms. The molecule has 7 nitrogen and oxygen atoms in total. The maximum absolute atomic E-state index is 13.4. The molecule has 0 spiro atoms. The summed E-state index contributed by atoms with van der Waals surface area (Å²) in [6, 6.07) is 17.9. The maximum Gasteiger partial charge on any atom is 0.417 e. The van der Waals surface area contributed by atoms with Gasteiger partial charge in [-0.3, -0.25) is 19.3 Å². The predicted octanol–water partition coefficient (Wildman–Crippen LogP) is 5.55. The van der Waals surface area contributed by atoms with Crippen molar-refractivity contribution < 1.29 is 27.6 Å². The number of benzene rings is 3. The number of rotatable bonds is 7. The molecule has 0 unspecified atom stereocenters. The average molecular weight is 575 g/mol. The Morgan fingerprint density at radius 2 is 1.64 bits per heavy atom. The summed E-state index contributed by atoms with van der Waals surface area (Å²) in [5, 5.41) is 11.0. The van der Waals surface area contributed by atoms with E-state index in [1.54, 1.807) is 0 Å². The Kier molecular flexibility index (Phi) is 8.14. The number of anilines is 1. The Bertz CT molecular complexity index is 1630. The highest BCUT2D eigenvalue weighted by atomic mass is 19.4. The lowest BCUT2D eigenvalue weighted by atomic mass is 10.0. The van der Waals surface area contributed by atoms with Crippen LogP contribution in [0, 0.1) is 11.3 Å². The summed E-state index contributed by atoms with van der Waals surface area (Å²) in [5.74, 6) is -1.26. The fourth-order valence-corrected chi connectivity index (χ4v) is 5.61. The van der Waals surface area contributed by atoms with Gasteiger partial charge in [-0.1, -0.05) is 36.4 Å². The smallest absolute Gasteiger partial charge is 0.336 e. The SMILES string of the molecule is CC1=C(CCCCN2CCN(C(=O)c3cccc4ccccc34)CC2)C(=O)N(c2ccc(C#N)c(C(F)(F)F)c2)C1=O. The molecular weight excluding hydrogens is 545 g/mol. The van der Waals surface area contributed by atoms with Gasteiger partial charge in [0, 0.05) is 42.9 Å². The first kappa shape index (κ1) is 29.0. The van der Waals surface area contributed by atoms with Crippen LogP contribution in [0.5, 0.6) is 0 Å². The minimum atomic E-state index is -4.80. The minimum Gasteiger partial charge on any atom is -0.336 e. The van der Waals surface area contributed by atoms with Gasteiger partial charge < -0.3 is 4.90 Å². The van der Waals surface area contributed by atoms with Crippen molar-refractivity contribution in [2.45, 2.75) is 32.4 Å². The number of amides is 3. The number of carbonyl (C=O) groups excluding carboxylic acids is 3. The Balaban J connectivity index is 1.13. The van der Waals surface area contributed by atoms with E-state index in [0.717, 1.165) is 47.8 Å². The zero-order valence-corrected chi connectivity index (χ0v) is 23.1. The Labute approximate surface area is 241 Å². The van der Waals surface area contributed by atoms with Gasteiger partial charge in [-0.2, -0.15) is 18.4 Å². The quantitative estimate of drug-likeness (QED) is 0.273. The van der Waals surface area contributed by atoms with Crippen molar-refractivity contribution in [3.8, 4) is 6.07 Å². The van der Waals surface area contributed by atoms with Crippen molar-refractivity contribution >= 4 is 34.2 Å². The Morgan fingerprint density at radius 3 is 2.36 bits per heavy atom. The van der Waals surface area contributed by atoms with Gasteiger partial charge in [-0.25, -0.2) is 4.90 Å². The van der Waals surface area contributed by atoms with Crippen LogP contribution in [0.3, 0.4) is 0 Å². The van der Waals surface area contributed by atoms with Crippen LogP contribution in [-0.4, -0.2) is 60.2 Å². The predicted molar refractivity (Wildman–Crippen MR) is 151 cm³/mol. The van der Waals surface area contributed by atoms with Crippen LogP contribution < -0.4 is 4.90 Å². The number of halogens is 3. The molecule has 216 valence electrons. The molecular formula is C32H29F3N4O3. The third-order valence-corrected chi connectivity index (χ3v) is 7.96. The summed E-state index contributed by atoms with van der Waals surface area (Å²) in [4.78, 5) is 44.0. The first-order chi connectivity index (χ1) is 20.1. The van der Waals surface area contributed by atoms with E-state index in [2.05, 4.69) is 4.90 Å². The van der Waals surface area contributed by atoms with Crippen molar-refractivity contribution in [2.75, 3.05) is 37.6 Å². The van der Waals surface area contributed by atoms with E-state index in [9.17, 15) is 27.6 Å². The molecule has 0 saturated carbocycles. The molecule has 2 aliphatic heterocycles.